The van der Waals surface area contributed by atoms with Gasteiger partial charge in [-0.15, -0.1) is 0 Å². The van der Waals surface area contributed by atoms with Crippen LogP contribution < -0.4 is 4.74 Å². The molecule has 0 unspecified atom stereocenters. The summed E-state index contributed by atoms with van der Waals surface area (Å²) in [5, 5.41) is 0. The molecule has 3 heterocycles. The summed E-state index contributed by atoms with van der Waals surface area (Å²) in [7, 11) is -3.75. The second kappa shape index (κ2) is 8.00. The molecule has 0 spiro atoms. The highest BCUT2D eigenvalue weighted by Crippen LogP contribution is 2.38. The first-order valence-electron chi connectivity index (χ1n) is 10.9. The lowest BCUT2D eigenvalue weighted by molar-refractivity contribution is 0.0174. The Balaban J connectivity index is 1.22. The van der Waals surface area contributed by atoms with Gasteiger partial charge < -0.3 is 4.74 Å². The molecule has 0 radical (unpaired) electrons. The van der Waals surface area contributed by atoms with E-state index in [1.54, 1.807) is 12.4 Å². The molecule has 1 aliphatic carbocycles. The minimum Gasteiger partial charge on any atom is -0.472 e. The summed E-state index contributed by atoms with van der Waals surface area (Å²) < 4.78 is 60.5. The van der Waals surface area contributed by atoms with E-state index in [0.29, 0.717) is 44.4 Å². The average Bonchev–Trinajstić information content (AvgIpc) is 3.53. The fraction of sp³-hybridized carbons (Fsp3) is 0.545. The Kier molecular flexibility index (Phi) is 5.42. The van der Waals surface area contributed by atoms with Crippen LogP contribution in [0.2, 0.25) is 0 Å². The van der Waals surface area contributed by atoms with E-state index in [-0.39, 0.29) is 22.6 Å². The van der Waals surface area contributed by atoms with Crippen molar-refractivity contribution in [2.24, 2.45) is 0 Å². The molecule has 1 aromatic heterocycles. The van der Waals surface area contributed by atoms with Crippen LogP contribution in [0.15, 0.2) is 41.6 Å². The summed E-state index contributed by atoms with van der Waals surface area (Å²) in [6.45, 7) is 2.81. The van der Waals surface area contributed by atoms with Crippen LogP contribution in [0.1, 0.15) is 43.4 Å². The van der Waals surface area contributed by atoms with E-state index in [2.05, 4.69) is 14.9 Å². The quantitative estimate of drug-likeness (QED) is 0.654. The van der Waals surface area contributed by atoms with Crippen LogP contribution in [0.3, 0.4) is 0 Å². The zero-order valence-corrected chi connectivity index (χ0v) is 18.6. The van der Waals surface area contributed by atoms with Gasteiger partial charge in [0.15, 0.2) is 0 Å². The molecule has 3 fully saturated rings. The van der Waals surface area contributed by atoms with E-state index in [1.807, 2.05) is 0 Å². The van der Waals surface area contributed by atoms with Crippen molar-refractivity contribution in [2.45, 2.75) is 55.1 Å². The number of nitrogens with zero attached hydrogens (tertiary/aromatic N) is 4. The van der Waals surface area contributed by atoms with Crippen molar-refractivity contribution in [3.63, 3.8) is 0 Å². The van der Waals surface area contributed by atoms with Crippen LogP contribution in [-0.2, 0) is 15.9 Å². The van der Waals surface area contributed by atoms with Gasteiger partial charge in [0.1, 0.15) is 6.10 Å². The molecule has 1 saturated carbocycles. The van der Waals surface area contributed by atoms with Gasteiger partial charge >= 0.3 is 0 Å². The molecule has 10 heteroatoms. The van der Waals surface area contributed by atoms with Crippen molar-refractivity contribution in [3.05, 3.63) is 47.9 Å². The summed E-state index contributed by atoms with van der Waals surface area (Å²) in [5.41, 5.74) is 0.808. The van der Waals surface area contributed by atoms with E-state index >= 15 is 0 Å². The van der Waals surface area contributed by atoms with Crippen molar-refractivity contribution >= 4 is 10.0 Å². The molecule has 172 valence electrons. The molecular weight excluding hydrogens is 438 g/mol. The minimum absolute atomic E-state index is 0.0378. The number of benzene rings is 1. The van der Waals surface area contributed by atoms with Gasteiger partial charge in [-0.3, -0.25) is 9.88 Å². The van der Waals surface area contributed by atoms with Crippen molar-refractivity contribution in [3.8, 4) is 5.88 Å². The highest BCUT2D eigenvalue weighted by molar-refractivity contribution is 7.89. The Morgan fingerprint density at radius 2 is 1.81 bits per heavy atom. The second-order valence-electron chi connectivity index (χ2n) is 8.95. The third kappa shape index (κ3) is 4.35. The van der Waals surface area contributed by atoms with E-state index in [1.165, 1.54) is 41.4 Å². The molecule has 7 nitrogen and oxygen atoms in total. The Morgan fingerprint density at radius 1 is 1.06 bits per heavy atom. The lowest BCUT2D eigenvalue weighted by atomic mass is 10.1. The van der Waals surface area contributed by atoms with Crippen molar-refractivity contribution in [1.82, 2.24) is 19.2 Å². The zero-order valence-electron chi connectivity index (χ0n) is 17.8. The first kappa shape index (κ1) is 21.7. The van der Waals surface area contributed by atoms with E-state index in [9.17, 15) is 17.2 Å². The first-order valence-corrected chi connectivity index (χ1v) is 12.4. The molecular formula is C22H26F2N4O3S. The number of rotatable bonds is 6. The third-order valence-electron chi connectivity index (χ3n) is 6.47. The van der Waals surface area contributed by atoms with Gasteiger partial charge in [0.25, 0.3) is 5.92 Å². The topological polar surface area (TPSA) is 75.6 Å². The maximum Gasteiger partial charge on any atom is 0.270 e. The van der Waals surface area contributed by atoms with Crippen molar-refractivity contribution in [2.75, 3.05) is 26.2 Å². The summed E-state index contributed by atoms with van der Waals surface area (Å²) in [6.07, 6.45) is 6.41. The van der Waals surface area contributed by atoms with Gasteiger partial charge in [-0.2, -0.15) is 4.31 Å². The van der Waals surface area contributed by atoms with Crippen LogP contribution >= 0.6 is 0 Å². The van der Waals surface area contributed by atoms with Gasteiger partial charge in [0, 0.05) is 57.0 Å². The van der Waals surface area contributed by atoms with E-state index < -0.39 is 15.9 Å². The molecule has 5 rings (SSSR count). The number of halogens is 2. The molecule has 0 amide bonds. The number of ether oxygens (including phenoxy) is 1. The summed E-state index contributed by atoms with van der Waals surface area (Å²) in [5.74, 6) is -1.97. The third-order valence-corrected chi connectivity index (χ3v) is 8.35. The smallest absolute Gasteiger partial charge is 0.270 e. The first-order chi connectivity index (χ1) is 15.2. The molecule has 0 bridgehead atoms. The highest BCUT2D eigenvalue weighted by Gasteiger charge is 2.41. The fourth-order valence-corrected chi connectivity index (χ4v) is 5.96. The second-order valence-corrected chi connectivity index (χ2v) is 10.9. The summed E-state index contributed by atoms with van der Waals surface area (Å²) in [4.78, 5) is 11.1. The number of alkyl halides is 2. The molecule has 2 aromatic rings. The van der Waals surface area contributed by atoms with Gasteiger partial charge in [-0.05, 0) is 25.0 Å². The van der Waals surface area contributed by atoms with Gasteiger partial charge in [0.05, 0.1) is 23.0 Å². The van der Waals surface area contributed by atoms with E-state index in [0.717, 1.165) is 12.6 Å². The summed E-state index contributed by atoms with van der Waals surface area (Å²) >= 11 is 0. The Hall–Kier alpha value is -2.17. The molecule has 2 aliphatic heterocycles. The van der Waals surface area contributed by atoms with Crippen LogP contribution in [0.4, 0.5) is 8.78 Å². The number of sulfonamides is 1. The predicted molar refractivity (Wildman–Crippen MR) is 113 cm³/mol. The number of hydrogen-bond acceptors (Lipinski definition) is 6. The summed E-state index contributed by atoms with van der Waals surface area (Å²) in [6, 6.07) is 4.93. The number of piperazine rings is 1. The normalized spacial score (nSPS) is 25.0. The molecule has 3 aliphatic rings. The SMILES string of the molecule is CC(F)(F)c1ccc(S(=O)(=O)N2CCN3C[C@@H](Oc4cnc(C5CC5)cn4)C[C@H]3C2)cc1. The Morgan fingerprint density at radius 3 is 2.44 bits per heavy atom. The lowest BCUT2D eigenvalue weighted by Gasteiger charge is -2.36. The van der Waals surface area contributed by atoms with Gasteiger partial charge in [0.2, 0.25) is 15.9 Å². The van der Waals surface area contributed by atoms with E-state index in [4.69, 9.17) is 4.74 Å². The minimum atomic E-state index is -3.75. The monoisotopic (exact) mass is 464 g/mol. The van der Waals surface area contributed by atoms with Crippen LogP contribution in [0, 0.1) is 0 Å². The Bertz CT molecular complexity index is 1070. The zero-order chi connectivity index (χ0) is 22.5. The predicted octanol–water partition coefficient (Wildman–Crippen LogP) is 2.99. The largest absolute Gasteiger partial charge is 0.472 e. The molecule has 2 saturated heterocycles. The lowest BCUT2D eigenvalue weighted by Crippen LogP contribution is -2.51. The molecule has 0 N–H and O–H groups in total. The highest BCUT2D eigenvalue weighted by atomic mass is 32.2. The van der Waals surface area contributed by atoms with Crippen molar-refractivity contribution in [1.29, 1.82) is 0 Å². The molecule has 2 atom stereocenters. The Labute approximate surface area is 186 Å². The average molecular weight is 465 g/mol. The fourth-order valence-electron chi connectivity index (χ4n) is 4.49. The van der Waals surface area contributed by atoms with Gasteiger partial charge in [-0.1, -0.05) is 12.1 Å². The van der Waals surface area contributed by atoms with Gasteiger partial charge in [-0.25, -0.2) is 22.2 Å². The molecule has 32 heavy (non-hydrogen) atoms. The van der Waals surface area contributed by atoms with Crippen LogP contribution in [-0.4, -0.2) is 65.9 Å². The number of aromatic nitrogens is 2. The van der Waals surface area contributed by atoms with Crippen molar-refractivity contribution < 1.29 is 21.9 Å². The van der Waals surface area contributed by atoms with Crippen LogP contribution in [0.5, 0.6) is 5.88 Å². The van der Waals surface area contributed by atoms with Crippen LogP contribution in [0.25, 0.3) is 0 Å². The maximum absolute atomic E-state index is 13.4. The number of fused-ring (bicyclic) bond motifs is 1. The number of hydrogen-bond donors (Lipinski definition) is 0. The standard InChI is InChI=1S/C22H26F2N4O3S/c1-22(23,24)16-4-6-19(7-5-16)32(29,30)28-9-8-27-14-18(10-17(27)13-28)31-21-12-25-20(11-26-21)15-2-3-15/h4-7,11-12,15,17-18H,2-3,8-10,13-14H2,1H3/t17-,18-/m0/s1. The molecule has 1 aromatic carbocycles. The maximum atomic E-state index is 13.4.